The van der Waals surface area contributed by atoms with Crippen molar-refractivity contribution in [2.45, 2.75) is 30.7 Å². The second kappa shape index (κ2) is 4.50. The summed E-state index contributed by atoms with van der Waals surface area (Å²) in [5, 5.41) is 17.8. The number of carboxylic acids is 1. The van der Waals surface area contributed by atoms with Crippen molar-refractivity contribution in [2.75, 3.05) is 0 Å². The number of rotatable bonds is 3. The molecule has 1 aliphatic carbocycles. The molecule has 4 nitrogen and oxygen atoms in total. The van der Waals surface area contributed by atoms with Crippen LogP contribution in [0.15, 0.2) is 23.8 Å². The van der Waals surface area contributed by atoms with Crippen LogP contribution < -0.4 is 5.73 Å². The molecule has 0 saturated carbocycles. The molecule has 2 atom stereocenters. The fourth-order valence-corrected chi connectivity index (χ4v) is 1.37. The van der Waals surface area contributed by atoms with Crippen LogP contribution in [0, 0.1) is 0 Å². The maximum atomic E-state index is 12.4. The van der Waals surface area contributed by atoms with E-state index in [9.17, 15) is 23.1 Å². The summed E-state index contributed by atoms with van der Waals surface area (Å²) in [4.78, 5) is 10.5. The van der Waals surface area contributed by atoms with Gasteiger partial charge in [-0.25, -0.2) is 0 Å². The highest BCUT2D eigenvalue weighted by Crippen LogP contribution is 2.37. The molecule has 0 spiro atoms. The SMILES string of the molecule is N[C@@H](CC1=CCC(O)(C(F)(F)F)C=C1)C(=O)O. The quantitative estimate of drug-likeness (QED) is 0.697. The third-order valence-electron chi connectivity index (χ3n) is 2.51. The highest BCUT2D eigenvalue weighted by atomic mass is 19.4. The van der Waals surface area contributed by atoms with Crippen molar-refractivity contribution < 1.29 is 28.2 Å². The van der Waals surface area contributed by atoms with Gasteiger partial charge in [0.05, 0.1) is 0 Å². The molecule has 0 aromatic rings. The summed E-state index contributed by atoms with van der Waals surface area (Å²) in [5.74, 6) is -1.23. The minimum absolute atomic E-state index is 0.0697. The lowest BCUT2D eigenvalue weighted by molar-refractivity contribution is -0.238. The molecule has 0 saturated heterocycles. The summed E-state index contributed by atoms with van der Waals surface area (Å²) in [6.07, 6.45) is -2.62. The summed E-state index contributed by atoms with van der Waals surface area (Å²) in [6.45, 7) is 0. The Morgan fingerprint density at radius 1 is 1.59 bits per heavy atom. The molecule has 0 bridgehead atoms. The first-order valence-electron chi connectivity index (χ1n) is 4.81. The third-order valence-corrected chi connectivity index (χ3v) is 2.51. The van der Waals surface area contributed by atoms with E-state index in [-0.39, 0.29) is 6.42 Å². The minimum Gasteiger partial charge on any atom is -0.480 e. The van der Waals surface area contributed by atoms with Crippen molar-refractivity contribution in [3.8, 4) is 0 Å². The van der Waals surface area contributed by atoms with E-state index in [0.29, 0.717) is 11.6 Å². The van der Waals surface area contributed by atoms with Crippen molar-refractivity contribution in [1.82, 2.24) is 0 Å². The van der Waals surface area contributed by atoms with Crippen LogP contribution in [0.25, 0.3) is 0 Å². The lowest BCUT2D eigenvalue weighted by atomic mass is 9.89. The Kier molecular flexibility index (Phi) is 3.63. The van der Waals surface area contributed by atoms with E-state index in [1.54, 1.807) is 0 Å². The average molecular weight is 251 g/mol. The van der Waals surface area contributed by atoms with E-state index in [4.69, 9.17) is 10.8 Å². The number of aliphatic hydroxyl groups is 1. The Labute approximate surface area is 95.2 Å². The molecule has 17 heavy (non-hydrogen) atoms. The summed E-state index contributed by atoms with van der Waals surface area (Å²) in [6, 6.07) is -1.16. The average Bonchev–Trinajstić information content (AvgIpc) is 2.19. The number of allylic oxidation sites excluding steroid dienone is 1. The summed E-state index contributed by atoms with van der Waals surface area (Å²) in [5.41, 5.74) is 2.74. The molecule has 1 aliphatic rings. The molecule has 1 rings (SSSR count). The zero-order valence-corrected chi connectivity index (χ0v) is 8.74. The standard InChI is InChI=1S/C10H12F3NO3/c11-10(12,13)9(17)3-1-6(2-4-9)5-7(14)8(15)16/h1-3,7,17H,4-5,14H2,(H,15,16)/t7-,9?/m0/s1. The number of hydrogen-bond donors (Lipinski definition) is 3. The van der Waals surface area contributed by atoms with Gasteiger partial charge in [0.25, 0.3) is 0 Å². The fourth-order valence-electron chi connectivity index (χ4n) is 1.37. The van der Waals surface area contributed by atoms with Crippen LogP contribution in [0.3, 0.4) is 0 Å². The highest BCUT2D eigenvalue weighted by Gasteiger charge is 2.51. The molecule has 0 heterocycles. The van der Waals surface area contributed by atoms with Gasteiger partial charge in [0.1, 0.15) is 6.04 Å². The number of aliphatic carboxylic acids is 1. The van der Waals surface area contributed by atoms with Crippen LogP contribution in [0.4, 0.5) is 13.2 Å². The first-order valence-corrected chi connectivity index (χ1v) is 4.81. The molecule has 1 unspecified atom stereocenters. The van der Waals surface area contributed by atoms with Crippen molar-refractivity contribution >= 4 is 5.97 Å². The van der Waals surface area contributed by atoms with E-state index in [1.165, 1.54) is 0 Å². The molecule has 0 amide bonds. The van der Waals surface area contributed by atoms with Crippen LogP contribution in [0.1, 0.15) is 12.8 Å². The van der Waals surface area contributed by atoms with Crippen LogP contribution in [0.2, 0.25) is 0 Å². The fraction of sp³-hybridized carbons (Fsp3) is 0.500. The van der Waals surface area contributed by atoms with E-state index in [0.717, 1.165) is 12.2 Å². The van der Waals surface area contributed by atoms with Crippen LogP contribution in [-0.4, -0.2) is 34.0 Å². The highest BCUT2D eigenvalue weighted by molar-refractivity contribution is 5.73. The second-order valence-corrected chi connectivity index (χ2v) is 3.89. The van der Waals surface area contributed by atoms with Crippen molar-refractivity contribution in [3.05, 3.63) is 23.8 Å². The van der Waals surface area contributed by atoms with Gasteiger partial charge >= 0.3 is 12.1 Å². The molecule has 0 radical (unpaired) electrons. The van der Waals surface area contributed by atoms with Crippen molar-refractivity contribution in [1.29, 1.82) is 0 Å². The predicted octanol–water partition coefficient (Wildman–Crippen LogP) is 0.968. The summed E-state index contributed by atoms with van der Waals surface area (Å²) < 4.78 is 37.2. The Bertz CT molecular complexity index is 375. The molecular weight excluding hydrogens is 239 g/mol. The van der Waals surface area contributed by atoms with Crippen molar-refractivity contribution in [2.24, 2.45) is 5.73 Å². The van der Waals surface area contributed by atoms with Gasteiger partial charge in [0, 0.05) is 6.42 Å². The zero-order chi connectivity index (χ0) is 13.3. The van der Waals surface area contributed by atoms with Gasteiger partial charge in [-0.2, -0.15) is 13.2 Å². The largest absolute Gasteiger partial charge is 0.480 e. The third kappa shape index (κ3) is 3.07. The van der Waals surface area contributed by atoms with Crippen LogP contribution in [-0.2, 0) is 4.79 Å². The Morgan fingerprint density at radius 2 is 2.18 bits per heavy atom. The van der Waals surface area contributed by atoms with Gasteiger partial charge in [-0.1, -0.05) is 12.2 Å². The lowest BCUT2D eigenvalue weighted by Crippen LogP contribution is -2.43. The topological polar surface area (TPSA) is 83.5 Å². The molecule has 0 fully saturated rings. The molecule has 0 aromatic carbocycles. The van der Waals surface area contributed by atoms with E-state index >= 15 is 0 Å². The van der Waals surface area contributed by atoms with E-state index in [2.05, 4.69) is 0 Å². The van der Waals surface area contributed by atoms with Gasteiger partial charge in [-0.05, 0) is 18.1 Å². The Morgan fingerprint density at radius 3 is 2.53 bits per heavy atom. The van der Waals surface area contributed by atoms with Gasteiger partial charge in [-0.15, -0.1) is 0 Å². The first kappa shape index (κ1) is 13.7. The van der Waals surface area contributed by atoms with Crippen molar-refractivity contribution in [3.63, 3.8) is 0 Å². The summed E-state index contributed by atoms with van der Waals surface area (Å²) in [7, 11) is 0. The van der Waals surface area contributed by atoms with Crippen LogP contribution in [0.5, 0.6) is 0 Å². The molecule has 96 valence electrons. The Hall–Kier alpha value is -1.34. The van der Waals surface area contributed by atoms with Crippen LogP contribution >= 0.6 is 0 Å². The number of carboxylic acid groups (broad SMARTS) is 1. The maximum absolute atomic E-state index is 12.4. The minimum atomic E-state index is -4.75. The first-order chi connectivity index (χ1) is 7.66. The molecule has 4 N–H and O–H groups in total. The maximum Gasteiger partial charge on any atom is 0.421 e. The van der Waals surface area contributed by atoms with E-state index < -0.39 is 30.2 Å². The summed E-state index contributed by atoms with van der Waals surface area (Å²) >= 11 is 0. The molecular formula is C10H12F3NO3. The normalized spacial score (nSPS) is 26.5. The molecule has 7 heteroatoms. The number of halogens is 3. The van der Waals surface area contributed by atoms with E-state index in [1.807, 2.05) is 0 Å². The van der Waals surface area contributed by atoms with Gasteiger partial charge in [0.2, 0.25) is 0 Å². The monoisotopic (exact) mass is 251 g/mol. The zero-order valence-electron chi connectivity index (χ0n) is 8.74. The van der Waals surface area contributed by atoms with Gasteiger partial charge in [-0.3, -0.25) is 4.79 Å². The predicted molar refractivity (Wildman–Crippen MR) is 53.1 cm³/mol. The van der Waals surface area contributed by atoms with Gasteiger partial charge in [0.15, 0.2) is 5.60 Å². The smallest absolute Gasteiger partial charge is 0.421 e. The molecule has 0 aromatic heterocycles. The lowest BCUT2D eigenvalue weighted by Gasteiger charge is -2.29. The van der Waals surface area contributed by atoms with Gasteiger partial charge < -0.3 is 15.9 Å². The second-order valence-electron chi connectivity index (χ2n) is 3.89. The number of nitrogens with two attached hydrogens (primary N) is 1. The number of carbonyl (C=O) groups is 1. The molecule has 0 aliphatic heterocycles. The number of alkyl halides is 3. The number of hydrogen-bond acceptors (Lipinski definition) is 3. The Balaban J connectivity index is 2.70.